The first kappa shape index (κ1) is 23.2. The average molecular weight is 453 g/mol. The Labute approximate surface area is 194 Å². The lowest BCUT2D eigenvalue weighted by molar-refractivity contribution is -0.140. The van der Waals surface area contributed by atoms with Crippen LogP contribution in [-0.2, 0) is 9.59 Å². The molecule has 3 fully saturated rings. The highest BCUT2D eigenvalue weighted by Crippen LogP contribution is 2.38. The van der Waals surface area contributed by atoms with Gasteiger partial charge in [-0.3, -0.25) is 19.3 Å². The number of nitrogens with zero attached hydrogens (tertiary/aromatic N) is 5. The molecule has 4 rings (SSSR count). The number of amides is 3. The number of hydrogen-bond donors (Lipinski definition) is 1. The Morgan fingerprint density at radius 3 is 2.58 bits per heavy atom. The number of carbonyl (C=O) groups is 3. The van der Waals surface area contributed by atoms with Gasteiger partial charge in [0.2, 0.25) is 11.8 Å². The third-order valence-corrected chi connectivity index (χ3v) is 7.21. The van der Waals surface area contributed by atoms with Crippen LogP contribution >= 0.6 is 0 Å². The van der Waals surface area contributed by atoms with Gasteiger partial charge in [0.15, 0.2) is 0 Å². The summed E-state index contributed by atoms with van der Waals surface area (Å²) in [6.45, 7) is 3.58. The van der Waals surface area contributed by atoms with Crippen molar-refractivity contribution in [2.75, 3.05) is 33.7 Å². The van der Waals surface area contributed by atoms with Crippen LogP contribution < -0.4 is 5.73 Å². The zero-order chi connectivity index (χ0) is 23.9. The highest BCUT2D eigenvalue weighted by atomic mass is 16.2. The second-order valence-corrected chi connectivity index (χ2v) is 9.53. The van der Waals surface area contributed by atoms with Gasteiger partial charge in [0.1, 0.15) is 6.04 Å². The van der Waals surface area contributed by atoms with Crippen LogP contribution in [0.2, 0.25) is 0 Å². The summed E-state index contributed by atoms with van der Waals surface area (Å²) in [5, 5.41) is 9.25. The van der Waals surface area contributed by atoms with Gasteiger partial charge in [0.05, 0.1) is 24.2 Å². The number of benzene rings is 1. The largest absolute Gasteiger partial charge is 0.345 e. The van der Waals surface area contributed by atoms with E-state index >= 15 is 0 Å². The summed E-state index contributed by atoms with van der Waals surface area (Å²) in [5.74, 6) is -0.197. The Balaban J connectivity index is 1.38. The molecule has 9 heteroatoms. The second kappa shape index (κ2) is 9.12. The van der Waals surface area contributed by atoms with Gasteiger partial charge in [-0.15, -0.1) is 0 Å². The number of nitrogens with two attached hydrogens (primary N) is 1. The molecule has 0 aromatic heterocycles. The lowest BCUT2D eigenvalue weighted by atomic mass is 10.0. The van der Waals surface area contributed by atoms with Gasteiger partial charge in [-0.2, -0.15) is 5.26 Å². The third kappa shape index (κ3) is 4.21. The van der Waals surface area contributed by atoms with Crippen LogP contribution in [0.25, 0.3) is 0 Å². The molecule has 4 unspecified atom stereocenters. The van der Waals surface area contributed by atoms with Gasteiger partial charge in [0, 0.05) is 45.3 Å². The summed E-state index contributed by atoms with van der Waals surface area (Å²) < 4.78 is 0. The lowest BCUT2D eigenvalue weighted by Gasteiger charge is -2.38. The van der Waals surface area contributed by atoms with Crippen LogP contribution in [0.3, 0.4) is 0 Å². The summed E-state index contributed by atoms with van der Waals surface area (Å²) >= 11 is 0. The molecule has 3 aliphatic rings. The first-order valence-electron chi connectivity index (χ1n) is 11.6. The summed E-state index contributed by atoms with van der Waals surface area (Å²) in [4.78, 5) is 45.2. The zero-order valence-electron chi connectivity index (χ0n) is 19.5. The fourth-order valence-corrected chi connectivity index (χ4v) is 5.43. The van der Waals surface area contributed by atoms with E-state index in [9.17, 15) is 19.6 Å². The van der Waals surface area contributed by atoms with Gasteiger partial charge in [-0.1, -0.05) is 12.1 Å². The normalized spacial score (nSPS) is 26.4. The Morgan fingerprint density at radius 1 is 1.27 bits per heavy atom. The highest BCUT2D eigenvalue weighted by molar-refractivity contribution is 5.94. The molecule has 3 aliphatic heterocycles. The van der Waals surface area contributed by atoms with Gasteiger partial charge in [-0.05, 0) is 43.9 Å². The molecule has 33 heavy (non-hydrogen) atoms. The fourth-order valence-electron chi connectivity index (χ4n) is 5.43. The highest BCUT2D eigenvalue weighted by Gasteiger charge is 2.51. The minimum Gasteiger partial charge on any atom is -0.345 e. The van der Waals surface area contributed by atoms with E-state index in [1.807, 2.05) is 28.9 Å². The minimum absolute atomic E-state index is 0.0537. The first-order chi connectivity index (χ1) is 15.7. The number of fused-ring (bicyclic) bond motifs is 2. The van der Waals surface area contributed by atoms with E-state index in [0.717, 1.165) is 18.4 Å². The summed E-state index contributed by atoms with van der Waals surface area (Å²) in [7, 11) is 3.44. The number of rotatable bonds is 6. The van der Waals surface area contributed by atoms with Crippen LogP contribution in [0.5, 0.6) is 0 Å². The van der Waals surface area contributed by atoms with E-state index in [0.29, 0.717) is 31.6 Å². The van der Waals surface area contributed by atoms with Crippen LogP contribution in [0.15, 0.2) is 24.3 Å². The van der Waals surface area contributed by atoms with E-state index < -0.39 is 12.1 Å². The van der Waals surface area contributed by atoms with Gasteiger partial charge >= 0.3 is 0 Å². The van der Waals surface area contributed by atoms with Gasteiger partial charge in [-0.25, -0.2) is 0 Å². The maximum Gasteiger partial charge on any atom is 0.253 e. The monoisotopic (exact) mass is 452 g/mol. The molecule has 1 aromatic carbocycles. The number of nitriles is 1. The van der Waals surface area contributed by atoms with E-state index in [2.05, 4.69) is 6.07 Å². The van der Waals surface area contributed by atoms with Crippen molar-refractivity contribution in [1.29, 1.82) is 5.26 Å². The molecule has 0 saturated carbocycles. The molecular weight excluding hydrogens is 420 g/mol. The van der Waals surface area contributed by atoms with Gasteiger partial charge < -0.3 is 20.4 Å². The molecule has 3 amide bonds. The molecule has 0 aliphatic carbocycles. The maximum absolute atomic E-state index is 13.2. The molecule has 0 radical (unpaired) electrons. The Hall–Kier alpha value is -2.96. The first-order valence-corrected chi connectivity index (χ1v) is 11.6. The molecule has 176 valence electrons. The molecule has 1 aromatic rings. The minimum atomic E-state index is -0.737. The quantitative estimate of drug-likeness (QED) is 0.675. The van der Waals surface area contributed by atoms with E-state index in [1.165, 1.54) is 4.90 Å². The van der Waals surface area contributed by atoms with Crippen molar-refractivity contribution < 1.29 is 14.4 Å². The van der Waals surface area contributed by atoms with Crippen molar-refractivity contribution in [3.8, 4) is 6.07 Å². The Morgan fingerprint density at radius 2 is 1.97 bits per heavy atom. The average Bonchev–Trinajstić information content (AvgIpc) is 3.52. The van der Waals surface area contributed by atoms with Crippen molar-refractivity contribution in [1.82, 2.24) is 19.6 Å². The number of carbonyl (C=O) groups excluding carboxylic acids is 3. The molecule has 9 nitrogen and oxygen atoms in total. The number of hydrogen-bond acceptors (Lipinski definition) is 6. The van der Waals surface area contributed by atoms with Crippen molar-refractivity contribution >= 4 is 17.7 Å². The van der Waals surface area contributed by atoms with Gasteiger partial charge in [0.25, 0.3) is 5.91 Å². The van der Waals surface area contributed by atoms with Crippen molar-refractivity contribution in [2.24, 2.45) is 5.73 Å². The Kier molecular flexibility index (Phi) is 6.41. The summed E-state index contributed by atoms with van der Waals surface area (Å²) in [6.07, 6.45) is 2.24. The number of likely N-dealkylation sites (tertiary alicyclic amines) is 3. The lowest BCUT2D eigenvalue weighted by Crippen LogP contribution is -2.56. The molecule has 3 heterocycles. The second-order valence-electron chi connectivity index (χ2n) is 9.53. The van der Waals surface area contributed by atoms with Crippen LogP contribution in [-0.4, -0.2) is 95.2 Å². The summed E-state index contributed by atoms with van der Waals surface area (Å²) in [6, 6.07) is 8.18. The topological polar surface area (TPSA) is 114 Å². The predicted octanol–water partition coefficient (Wildman–Crippen LogP) is 0.576. The molecule has 2 N–H and O–H groups in total. The Bertz CT molecular complexity index is 971. The molecule has 0 spiro atoms. The maximum atomic E-state index is 13.2. The zero-order valence-corrected chi connectivity index (χ0v) is 19.5. The molecular formula is C24H32N6O3. The third-order valence-electron chi connectivity index (χ3n) is 7.21. The standard InChI is InChI=1S/C24H32N6O3/c1-15(16-6-8-17(9-7-16)22(31)27(2)3)30-19-11-21(24(30)33)28(13-19)14-20(26)23(32)29-10-4-5-18(29)12-25/h6-9,15,18-21H,4-5,10-11,13-14,26H2,1-3H3/t15?,18?,19-,20?,21?/m0/s1. The SMILES string of the molecule is CC(c1ccc(C(=O)N(C)C)cc1)N1C(=O)C2C[C@H]1CN2CC(N)C(=O)N1CCCC1C#N. The van der Waals surface area contributed by atoms with Crippen LogP contribution in [0.4, 0.5) is 0 Å². The smallest absolute Gasteiger partial charge is 0.253 e. The van der Waals surface area contributed by atoms with Crippen molar-refractivity contribution in [3.63, 3.8) is 0 Å². The number of piperazine rings is 1. The molecule has 3 saturated heterocycles. The predicted molar refractivity (Wildman–Crippen MR) is 122 cm³/mol. The van der Waals surface area contributed by atoms with Crippen LogP contribution in [0, 0.1) is 11.3 Å². The molecule has 5 atom stereocenters. The molecule has 2 bridgehead atoms. The van der Waals surface area contributed by atoms with E-state index in [1.54, 1.807) is 31.1 Å². The fraction of sp³-hybridized carbons (Fsp3) is 0.583. The van der Waals surface area contributed by atoms with Crippen LogP contribution in [0.1, 0.15) is 48.1 Å². The summed E-state index contributed by atoms with van der Waals surface area (Å²) in [5.41, 5.74) is 7.82. The van der Waals surface area contributed by atoms with E-state index in [4.69, 9.17) is 5.73 Å². The van der Waals surface area contributed by atoms with Crippen molar-refractivity contribution in [3.05, 3.63) is 35.4 Å². The van der Waals surface area contributed by atoms with E-state index in [-0.39, 0.29) is 35.8 Å². The van der Waals surface area contributed by atoms with Crippen molar-refractivity contribution in [2.45, 2.75) is 56.4 Å².